The Labute approximate surface area is 147 Å². The van der Waals surface area contributed by atoms with Crippen molar-refractivity contribution in [3.05, 3.63) is 46.0 Å². The van der Waals surface area contributed by atoms with Crippen molar-refractivity contribution < 1.29 is 5.11 Å². The fourth-order valence-corrected chi connectivity index (χ4v) is 2.91. The minimum Gasteiger partial charge on any atom is -0.394 e. The molecule has 0 fully saturated rings. The zero-order valence-corrected chi connectivity index (χ0v) is 14.8. The molecule has 0 amide bonds. The van der Waals surface area contributed by atoms with Crippen LogP contribution in [0.5, 0.6) is 0 Å². The van der Waals surface area contributed by atoms with Crippen LogP contribution in [0.15, 0.2) is 41.0 Å². The predicted octanol–water partition coefficient (Wildman–Crippen LogP) is 4.00. The molecular weight excluding hydrogens is 380 g/mol. The molecule has 0 aliphatic carbocycles. The van der Waals surface area contributed by atoms with Gasteiger partial charge < -0.3 is 10.4 Å². The maximum absolute atomic E-state index is 9.46. The van der Waals surface area contributed by atoms with Crippen molar-refractivity contribution in [2.75, 3.05) is 11.9 Å². The van der Waals surface area contributed by atoms with E-state index in [2.05, 4.69) is 31.3 Å². The lowest BCUT2D eigenvalue weighted by atomic mass is 10.1. The fraction of sp³-hybridized carbons (Fsp3) is 0.250. The summed E-state index contributed by atoms with van der Waals surface area (Å²) in [5, 5.41) is 17.7. The maximum Gasteiger partial charge on any atom is 0.172 e. The molecule has 0 bridgehead atoms. The van der Waals surface area contributed by atoms with Crippen LogP contribution in [0.25, 0.3) is 16.9 Å². The Bertz CT molecular complexity index is 832. The van der Waals surface area contributed by atoms with E-state index >= 15 is 0 Å². The first-order chi connectivity index (χ1) is 11.1. The SMILES string of the molecule is CCC(CO)Nc1cc(-c2ccccc2Cl)nc2c(Br)cnn12. The summed E-state index contributed by atoms with van der Waals surface area (Å²) in [7, 11) is 0. The second-order valence-electron chi connectivity index (χ2n) is 5.17. The summed E-state index contributed by atoms with van der Waals surface area (Å²) in [5.74, 6) is 0.761. The number of halogens is 2. The van der Waals surface area contributed by atoms with Gasteiger partial charge in [0.1, 0.15) is 5.82 Å². The van der Waals surface area contributed by atoms with E-state index in [0.29, 0.717) is 10.7 Å². The van der Waals surface area contributed by atoms with E-state index in [1.807, 2.05) is 37.3 Å². The number of hydrogen-bond donors (Lipinski definition) is 2. The molecule has 0 radical (unpaired) electrons. The number of anilines is 1. The van der Waals surface area contributed by atoms with Crippen molar-refractivity contribution in [1.82, 2.24) is 14.6 Å². The molecule has 120 valence electrons. The van der Waals surface area contributed by atoms with E-state index in [0.717, 1.165) is 28.0 Å². The van der Waals surface area contributed by atoms with Crippen LogP contribution in [-0.2, 0) is 0 Å². The molecule has 0 saturated heterocycles. The number of benzene rings is 1. The molecule has 1 aromatic carbocycles. The van der Waals surface area contributed by atoms with Crippen molar-refractivity contribution in [1.29, 1.82) is 0 Å². The molecule has 2 aromatic heterocycles. The Hall–Kier alpha value is -1.63. The molecule has 1 unspecified atom stereocenters. The summed E-state index contributed by atoms with van der Waals surface area (Å²) in [6, 6.07) is 9.42. The van der Waals surface area contributed by atoms with Gasteiger partial charge >= 0.3 is 0 Å². The molecule has 1 atom stereocenters. The van der Waals surface area contributed by atoms with Gasteiger partial charge in [0.2, 0.25) is 0 Å². The highest BCUT2D eigenvalue weighted by molar-refractivity contribution is 9.10. The molecule has 3 rings (SSSR count). The van der Waals surface area contributed by atoms with Crippen LogP contribution >= 0.6 is 27.5 Å². The summed E-state index contributed by atoms with van der Waals surface area (Å²) in [4.78, 5) is 4.65. The summed E-state index contributed by atoms with van der Waals surface area (Å²) >= 11 is 9.77. The van der Waals surface area contributed by atoms with Crippen LogP contribution < -0.4 is 5.32 Å². The van der Waals surface area contributed by atoms with Crippen LogP contribution in [-0.4, -0.2) is 32.4 Å². The Balaban J connectivity index is 2.17. The monoisotopic (exact) mass is 394 g/mol. The third-order valence-electron chi connectivity index (χ3n) is 3.64. The maximum atomic E-state index is 9.46. The predicted molar refractivity (Wildman–Crippen MR) is 95.9 cm³/mol. The number of nitrogens with zero attached hydrogens (tertiary/aromatic N) is 3. The molecule has 0 saturated carbocycles. The highest BCUT2D eigenvalue weighted by atomic mass is 79.9. The number of nitrogens with one attached hydrogen (secondary N) is 1. The van der Waals surface area contributed by atoms with Crippen molar-refractivity contribution in [3.8, 4) is 11.3 Å². The molecule has 3 aromatic rings. The van der Waals surface area contributed by atoms with Gasteiger partial charge in [0, 0.05) is 16.7 Å². The highest BCUT2D eigenvalue weighted by Gasteiger charge is 2.15. The first kappa shape index (κ1) is 16.2. The van der Waals surface area contributed by atoms with Gasteiger partial charge in [-0.15, -0.1) is 0 Å². The second-order valence-corrected chi connectivity index (χ2v) is 6.43. The third-order valence-corrected chi connectivity index (χ3v) is 4.53. The molecule has 0 aliphatic rings. The summed E-state index contributed by atoms with van der Waals surface area (Å²) in [6.07, 6.45) is 2.49. The zero-order valence-electron chi connectivity index (χ0n) is 12.5. The topological polar surface area (TPSA) is 62.5 Å². The molecule has 2 N–H and O–H groups in total. The molecule has 5 nitrogen and oxygen atoms in total. The average molecular weight is 396 g/mol. The quantitative estimate of drug-likeness (QED) is 0.685. The van der Waals surface area contributed by atoms with Crippen LogP contribution in [0, 0.1) is 0 Å². The Morgan fingerprint density at radius 2 is 2.17 bits per heavy atom. The van der Waals surface area contributed by atoms with E-state index in [4.69, 9.17) is 11.6 Å². The van der Waals surface area contributed by atoms with Gasteiger partial charge in [-0.1, -0.05) is 36.7 Å². The standard InChI is InChI=1S/C16H16BrClN4O/c1-2-10(9-23)20-15-7-14(11-5-3-4-6-13(11)18)21-16-12(17)8-19-22(15)16/h3-8,10,20,23H,2,9H2,1H3. The van der Waals surface area contributed by atoms with E-state index in [1.165, 1.54) is 0 Å². The average Bonchev–Trinajstić information content (AvgIpc) is 2.94. The van der Waals surface area contributed by atoms with Crippen molar-refractivity contribution >= 4 is 39.0 Å². The van der Waals surface area contributed by atoms with Gasteiger partial charge in [0.05, 0.1) is 29.0 Å². The minimum atomic E-state index is -0.0531. The van der Waals surface area contributed by atoms with Crippen molar-refractivity contribution in [2.45, 2.75) is 19.4 Å². The first-order valence-electron chi connectivity index (χ1n) is 7.30. The summed E-state index contributed by atoms with van der Waals surface area (Å²) < 4.78 is 2.51. The lowest BCUT2D eigenvalue weighted by molar-refractivity contribution is 0.271. The third kappa shape index (κ3) is 3.20. The van der Waals surface area contributed by atoms with E-state index < -0.39 is 0 Å². The van der Waals surface area contributed by atoms with Crippen LogP contribution in [0.4, 0.5) is 5.82 Å². The van der Waals surface area contributed by atoms with Crippen molar-refractivity contribution in [3.63, 3.8) is 0 Å². The number of aliphatic hydroxyl groups is 1. The Kier molecular flexibility index (Phi) is 4.84. The number of rotatable bonds is 5. The van der Waals surface area contributed by atoms with E-state index in [1.54, 1.807) is 10.7 Å². The van der Waals surface area contributed by atoms with Gasteiger partial charge in [-0.3, -0.25) is 0 Å². The first-order valence-corrected chi connectivity index (χ1v) is 8.47. The molecule has 0 aliphatic heterocycles. The normalized spacial score (nSPS) is 12.5. The largest absolute Gasteiger partial charge is 0.394 e. The Morgan fingerprint density at radius 3 is 2.87 bits per heavy atom. The number of fused-ring (bicyclic) bond motifs is 1. The van der Waals surface area contributed by atoms with Gasteiger partial charge in [-0.2, -0.15) is 9.61 Å². The molecule has 0 spiro atoms. The number of hydrogen-bond acceptors (Lipinski definition) is 4. The smallest absolute Gasteiger partial charge is 0.172 e. The lowest BCUT2D eigenvalue weighted by Crippen LogP contribution is -2.24. The number of aliphatic hydroxyl groups excluding tert-OH is 1. The minimum absolute atomic E-state index is 0.0458. The lowest BCUT2D eigenvalue weighted by Gasteiger charge is -2.17. The van der Waals surface area contributed by atoms with Crippen LogP contribution in [0.1, 0.15) is 13.3 Å². The van der Waals surface area contributed by atoms with Crippen LogP contribution in [0.3, 0.4) is 0 Å². The summed E-state index contributed by atoms with van der Waals surface area (Å²) in [5.41, 5.74) is 2.29. The van der Waals surface area contributed by atoms with Crippen LogP contribution in [0.2, 0.25) is 5.02 Å². The second kappa shape index (κ2) is 6.86. The van der Waals surface area contributed by atoms with Gasteiger partial charge in [-0.05, 0) is 28.4 Å². The molecule has 2 heterocycles. The fourth-order valence-electron chi connectivity index (χ4n) is 2.33. The van der Waals surface area contributed by atoms with E-state index in [-0.39, 0.29) is 12.6 Å². The molecule has 7 heteroatoms. The highest BCUT2D eigenvalue weighted by Crippen LogP contribution is 2.30. The Morgan fingerprint density at radius 1 is 1.39 bits per heavy atom. The molecule has 23 heavy (non-hydrogen) atoms. The van der Waals surface area contributed by atoms with Gasteiger partial charge in [-0.25, -0.2) is 4.98 Å². The number of aromatic nitrogens is 3. The van der Waals surface area contributed by atoms with Gasteiger partial charge in [0.15, 0.2) is 5.65 Å². The summed E-state index contributed by atoms with van der Waals surface area (Å²) in [6.45, 7) is 2.06. The van der Waals surface area contributed by atoms with Crippen molar-refractivity contribution in [2.24, 2.45) is 0 Å². The van der Waals surface area contributed by atoms with E-state index in [9.17, 15) is 5.11 Å². The molecular formula is C16H16BrClN4O. The van der Waals surface area contributed by atoms with Gasteiger partial charge in [0.25, 0.3) is 0 Å². The zero-order chi connectivity index (χ0) is 16.4.